The van der Waals surface area contributed by atoms with E-state index in [0.717, 1.165) is 25.4 Å². The second-order valence-electron chi connectivity index (χ2n) is 6.08. The summed E-state index contributed by atoms with van der Waals surface area (Å²) in [5.74, 6) is 0.904. The van der Waals surface area contributed by atoms with Crippen LogP contribution in [-0.2, 0) is 16.6 Å². The van der Waals surface area contributed by atoms with Crippen LogP contribution in [0.5, 0.6) is 5.75 Å². The van der Waals surface area contributed by atoms with Crippen LogP contribution in [0.15, 0.2) is 39.9 Å². The number of ether oxygens (including phenoxy) is 1. The number of methoxy groups -OCH3 is 1. The molecule has 5 nitrogen and oxygen atoms in total. The molecule has 0 unspecified atom stereocenters. The zero-order valence-electron chi connectivity index (χ0n) is 14.0. The Balaban J connectivity index is 1.65. The predicted molar refractivity (Wildman–Crippen MR) is 95.2 cm³/mol. The lowest BCUT2D eigenvalue weighted by atomic mass is 10.1. The van der Waals surface area contributed by atoms with Crippen molar-refractivity contribution in [2.24, 2.45) is 0 Å². The third-order valence-electron chi connectivity index (χ3n) is 4.40. The molecule has 1 aromatic heterocycles. The van der Waals surface area contributed by atoms with Gasteiger partial charge in [-0.05, 0) is 30.5 Å². The number of sulfonamides is 1. The summed E-state index contributed by atoms with van der Waals surface area (Å²) < 4.78 is 32.6. The molecule has 2 aromatic rings. The summed E-state index contributed by atoms with van der Waals surface area (Å²) in [7, 11) is -1.63. The standard InChI is InChI=1S/C17H22N2O3S2/c1-14-5-6-16(22-2)15(12-14)13-18-7-9-19(10-8-18)24(20,21)17-4-3-11-23-17/h3-6,11-12H,7-10,13H2,1-2H3/p+1. The number of benzene rings is 1. The average Bonchev–Trinajstić information content (AvgIpc) is 3.11. The van der Waals surface area contributed by atoms with Gasteiger partial charge in [-0.15, -0.1) is 11.3 Å². The molecule has 1 N–H and O–H groups in total. The molecule has 0 bridgehead atoms. The highest BCUT2D eigenvalue weighted by atomic mass is 32.2. The van der Waals surface area contributed by atoms with Crippen LogP contribution in [0.4, 0.5) is 0 Å². The zero-order chi connectivity index (χ0) is 17.2. The van der Waals surface area contributed by atoms with Crippen molar-refractivity contribution in [3.63, 3.8) is 0 Å². The predicted octanol–water partition coefficient (Wildman–Crippen LogP) is 1.15. The first-order valence-corrected chi connectivity index (χ1v) is 10.3. The van der Waals surface area contributed by atoms with Crippen LogP contribution >= 0.6 is 11.3 Å². The number of hydrogen-bond acceptors (Lipinski definition) is 4. The van der Waals surface area contributed by atoms with Crippen molar-refractivity contribution < 1.29 is 18.1 Å². The molecule has 3 rings (SSSR count). The van der Waals surface area contributed by atoms with Crippen molar-refractivity contribution in [2.45, 2.75) is 17.7 Å². The first-order chi connectivity index (χ1) is 11.5. The number of nitrogens with one attached hydrogen (secondary N) is 1. The number of thiophene rings is 1. The minimum atomic E-state index is -3.32. The number of piperazine rings is 1. The van der Waals surface area contributed by atoms with Crippen molar-refractivity contribution in [1.82, 2.24) is 4.31 Å². The molecule has 24 heavy (non-hydrogen) atoms. The number of aryl methyl sites for hydroxylation is 1. The van der Waals surface area contributed by atoms with Crippen LogP contribution in [0.3, 0.4) is 0 Å². The summed E-state index contributed by atoms with van der Waals surface area (Å²) in [5, 5.41) is 1.80. The van der Waals surface area contributed by atoms with Crippen LogP contribution in [-0.4, -0.2) is 46.0 Å². The number of hydrogen-bond donors (Lipinski definition) is 1. The summed E-state index contributed by atoms with van der Waals surface area (Å²) in [6.45, 7) is 5.67. The first-order valence-electron chi connectivity index (χ1n) is 8.01. The maximum absolute atomic E-state index is 12.6. The molecule has 1 aliphatic rings. The fraction of sp³-hybridized carbons (Fsp3) is 0.412. The smallest absolute Gasteiger partial charge is 0.252 e. The number of quaternary nitrogens is 1. The molecular formula is C17H23N2O3S2+. The monoisotopic (exact) mass is 367 g/mol. The van der Waals surface area contributed by atoms with Gasteiger partial charge in [0.1, 0.15) is 16.5 Å². The van der Waals surface area contributed by atoms with E-state index in [0.29, 0.717) is 17.3 Å². The van der Waals surface area contributed by atoms with Gasteiger partial charge in [-0.25, -0.2) is 8.42 Å². The third kappa shape index (κ3) is 3.64. The van der Waals surface area contributed by atoms with Crippen molar-refractivity contribution in [2.75, 3.05) is 33.3 Å². The Labute approximate surface area is 147 Å². The molecule has 1 fully saturated rings. The van der Waals surface area contributed by atoms with Gasteiger partial charge in [-0.3, -0.25) is 0 Å². The SMILES string of the molecule is COc1ccc(C)cc1C[NH+]1CCN(S(=O)(=O)c2cccs2)CC1. The fourth-order valence-electron chi connectivity index (χ4n) is 3.07. The third-order valence-corrected chi connectivity index (χ3v) is 7.67. The summed E-state index contributed by atoms with van der Waals surface area (Å²) in [6, 6.07) is 9.66. The molecule has 1 aromatic carbocycles. The van der Waals surface area contributed by atoms with Crippen molar-refractivity contribution in [3.05, 3.63) is 46.8 Å². The van der Waals surface area contributed by atoms with E-state index in [9.17, 15) is 8.42 Å². The molecule has 2 heterocycles. The Morgan fingerprint density at radius 1 is 1.25 bits per heavy atom. The lowest BCUT2D eigenvalue weighted by Crippen LogP contribution is -3.13. The molecule has 7 heteroatoms. The van der Waals surface area contributed by atoms with Crippen LogP contribution < -0.4 is 9.64 Å². The summed E-state index contributed by atoms with van der Waals surface area (Å²) in [5.41, 5.74) is 2.39. The van der Waals surface area contributed by atoms with E-state index >= 15 is 0 Å². The van der Waals surface area contributed by atoms with Gasteiger partial charge in [0.25, 0.3) is 10.0 Å². The van der Waals surface area contributed by atoms with E-state index in [1.807, 2.05) is 12.1 Å². The molecule has 0 aliphatic carbocycles. The highest BCUT2D eigenvalue weighted by molar-refractivity contribution is 7.91. The zero-order valence-corrected chi connectivity index (χ0v) is 15.6. The summed E-state index contributed by atoms with van der Waals surface area (Å²) in [4.78, 5) is 1.39. The second kappa shape index (κ2) is 7.23. The molecule has 0 atom stereocenters. The van der Waals surface area contributed by atoms with Gasteiger partial charge in [0.15, 0.2) is 0 Å². The maximum Gasteiger partial charge on any atom is 0.252 e. The largest absolute Gasteiger partial charge is 0.496 e. The van der Waals surface area contributed by atoms with Crippen molar-refractivity contribution in [1.29, 1.82) is 0 Å². The average molecular weight is 368 g/mol. The Bertz CT molecular complexity index is 780. The molecule has 0 amide bonds. The number of nitrogens with zero attached hydrogens (tertiary/aromatic N) is 1. The Hall–Kier alpha value is -1.41. The molecule has 0 spiro atoms. The van der Waals surface area contributed by atoms with E-state index in [4.69, 9.17) is 4.74 Å². The molecule has 1 saturated heterocycles. The lowest BCUT2D eigenvalue weighted by molar-refractivity contribution is -0.917. The quantitative estimate of drug-likeness (QED) is 0.863. The van der Waals surface area contributed by atoms with E-state index < -0.39 is 10.0 Å². The molecule has 130 valence electrons. The van der Waals surface area contributed by atoms with Gasteiger partial charge in [-0.1, -0.05) is 17.7 Å². The topological polar surface area (TPSA) is 51.1 Å². The van der Waals surface area contributed by atoms with Crippen LogP contribution in [0.25, 0.3) is 0 Å². The van der Waals surface area contributed by atoms with E-state index in [1.165, 1.54) is 27.4 Å². The Morgan fingerprint density at radius 3 is 2.62 bits per heavy atom. The summed E-state index contributed by atoms with van der Waals surface area (Å²) in [6.07, 6.45) is 0. The highest BCUT2D eigenvalue weighted by Gasteiger charge is 2.31. The van der Waals surface area contributed by atoms with Gasteiger partial charge in [-0.2, -0.15) is 4.31 Å². The fourth-order valence-corrected chi connectivity index (χ4v) is 5.66. The van der Waals surface area contributed by atoms with E-state index in [2.05, 4.69) is 13.0 Å². The van der Waals surface area contributed by atoms with Gasteiger partial charge < -0.3 is 9.64 Å². The Kier molecular flexibility index (Phi) is 5.24. The van der Waals surface area contributed by atoms with Gasteiger partial charge in [0, 0.05) is 5.56 Å². The molecule has 1 aliphatic heterocycles. The lowest BCUT2D eigenvalue weighted by Gasteiger charge is -2.31. The van der Waals surface area contributed by atoms with Crippen LogP contribution in [0.2, 0.25) is 0 Å². The van der Waals surface area contributed by atoms with Crippen LogP contribution in [0, 0.1) is 6.92 Å². The highest BCUT2D eigenvalue weighted by Crippen LogP contribution is 2.21. The first kappa shape index (κ1) is 17.4. The van der Waals surface area contributed by atoms with Gasteiger partial charge in [0.2, 0.25) is 0 Å². The second-order valence-corrected chi connectivity index (χ2v) is 9.19. The Morgan fingerprint density at radius 2 is 2.00 bits per heavy atom. The molecule has 0 radical (unpaired) electrons. The van der Waals surface area contributed by atoms with Gasteiger partial charge >= 0.3 is 0 Å². The van der Waals surface area contributed by atoms with Crippen LogP contribution in [0.1, 0.15) is 11.1 Å². The molecule has 0 saturated carbocycles. The number of rotatable bonds is 5. The van der Waals surface area contributed by atoms with E-state index in [1.54, 1.807) is 28.9 Å². The summed E-state index contributed by atoms with van der Waals surface area (Å²) >= 11 is 1.28. The van der Waals surface area contributed by atoms with Gasteiger partial charge in [0.05, 0.1) is 33.3 Å². The van der Waals surface area contributed by atoms with Crippen molar-refractivity contribution >= 4 is 21.4 Å². The maximum atomic E-state index is 12.6. The normalized spacial score (nSPS) is 17.1. The van der Waals surface area contributed by atoms with Crippen molar-refractivity contribution in [3.8, 4) is 5.75 Å². The minimum absolute atomic E-state index is 0.436. The minimum Gasteiger partial charge on any atom is -0.496 e. The van der Waals surface area contributed by atoms with E-state index in [-0.39, 0.29) is 0 Å². The molecular weight excluding hydrogens is 344 g/mol.